The van der Waals surface area contributed by atoms with Gasteiger partial charge in [-0.1, -0.05) is 192 Å². The molecule has 8 aromatic rings. The van der Waals surface area contributed by atoms with E-state index in [0.717, 1.165) is 0 Å². The second-order valence-corrected chi connectivity index (χ2v) is 33.6. The predicted octanol–water partition coefficient (Wildman–Crippen LogP) is 19.4. The Hall–Kier alpha value is -5.69. The number of nitrogens with zero attached hydrogens (tertiary/aromatic N) is 2. The van der Waals surface area contributed by atoms with Gasteiger partial charge in [-0.25, -0.2) is 0 Å². The smallest absolute Gasteiger partial charge is 0.0579 e. The molecule has 0 amide bonds. The second-order valence-electron chi connectivity index (χ2n) is 22.6. The Morgan fingerprint density at radius 2 is 0.567 bits per heavy atom. The molecule has 0 bridgehead atoms. The van der Waals surface area contributed by atoms with Crippen molar-refractivity contribution in [1.82, 2.24) is 0 Å². The molecule has 2 nitrogen and oxygen atoms in total. The van der Waals surface area contributed by atoms with Gasteiger partial charge in [0.25, 0.3) is 0 Å². The highest BCUT2D eigenvalue weighted by Gasteiger charge is 2.60. The molecule has 8 aromatic carbocycles. The molecule has 1 aliphatic carbocycles. The van der Waals surface area contributed by atoms with Crippen LogP contribution in [-0.2, 0) is 4.66 Å². The number of anilines is 6. The monoisotopic (exact) mass is 913 g/mol. The first kappa shape index (κ1) is 46.4. The van der Waals surface area contributed by atoms with Crippen LogP contribution in [0.3, 0.4) is 0 Å². The molecule has 1 aliphatic rings. The lowest BCUT2D eigenvalue weighted by Gasteiger charge is -2.51. The normalized spacial score (nSPS) is 13.6. The van der Waals surface area contributed by atoms with Crippen molar-refractivity contribution < 1.29 is 0 Å². The number of fused-ring (bicyclic) bond motifs is 7. The maximum Gasteiger partial charge on any atom is 0.0579 e. The fourth-order valence-corrected chi connectivity index (χ4v) is 25.0. The van der Waals surface area contributed by atoms with Gasteiger partial charge in [-0.05, 0) is 140 Å². The van der Waals surface area contributed by atoms with Gasteiger partial charge in [-0.15, -0.1) is 0 Å². The summed E-state index contributed by atoms with van der Waals surface area (Å²) in [6, 6.07) is 61.5. The molecule has 342 valence electrons. The van der Waals surface area contributed by atoms with E-state index in [0.29, 0.717) is 23.7 Å². The molecule has 4 heteroatoms. The van der Waals surface area contributed by atoms with Crippen LogP contribution in [0.2, 0.25) is 39.3 Å². The average molecular weight is 913 g/mol. The first-order valence-electron chi connectivity index (χ1n) is 25.0. The van der Waals surface area contributed by atoms with E-state index < -0.39 is 16.1 Å². The zero-order valence-electron chi connectivity index (χ0n) is 42.7. The van der Waals surface area contributed by atoms with Gasteiger partial charge in [0.15, 0.2) is 0 Å². The quantitative estimate of drug-likeness (QED) is 0.113. The standard InChI is InChI=1S/C63H72N2Si2/c1-41(2)45-23-31-49(32-24-45)64(50-33-25-46(26-34-50)42(3)4)59-39-57-61(55-21-17-15-19-53(55)59)62-56-22-18-16-20-54(56)60(40-58(62)63(57,66(9,10)11)67(12,13)14)65(51-35-27-47(28-36-51)43(5)6)52-37-29-48(30-38-52)44(7)8/h15-44H,1-14H3. The third kappa shape index (κ3) is 7.78. The zero-order chi connectivity index (χ0) is 47.7. The summed E-state index contributed by atoms with van der Waals surface area (Å²) < 4.78 is -0.147. The number of rotatable bonds is 12. The molecule has 0 heterocycles. The van der Waals surface area contributed by atoms with E-state index in [4.69, 9.17) is 0 Å². The van der Waals surface area contributed by atoms with Crippen LogP contribution in [0.4, 0.5) is 34.1 Å². The lowest BCUT2D eigenvalue weighted by molar-refractivity contribution is 0.866. The van der Waals surface area contributed by atoms with Crippen LogP contribution in [0.5, 0.6) is 0 Å². The Bertz CT molecular complexity index is 2760. The van der Waals surface area contributed by atoms with Crippen molar-refractivity contribution in [2.75, 3.05) is 9.80 Å². The Morgan fingerprint density at radius 3 is 0.791 bits per heavy atom. The molecule has 0 N–H and O–H groups in total. The van der Waals surface area contributed by atoms with E-state index in [9.17, 15) is 0 Å². The van der Waals surface area contributed by atoms with E-state index in [1.54, 1.807) is 0 Å². The van der Waals surface area contributed by atoms with Gasteiger partial charge in [0.05, 0.1) is 27.5 Å². The summed E-state index contributed by atoms with van der Waals surface area (Å²) in [6.07, 6.45) is 0. The SMILES string of the molecule is CC(C)c1ccc(N(c2ccc(C(C)C)cc2)c2cc3c(c4ccccc24)-c2c(cc(N(c4ccc(C(C)C)cc4)c4ccc(C(C)C)cc4)c4ccccc24)C3([Si](C)(C)C)[Si](C)(C)C)cc1. The maximum absolute atomic E-state index is 2.68. The Labute approximate surface area is 404 Å². The third-order valence-electron chi connectivity index (χ3n) is 15.1. The molecule has 67 heavy (non-hydrogen) atoms. The van der Waals surface area contributed by atoms with Crippen molar-refractivity contribution in [3.63, 3.8) is 0 Å². The summed E-state index contributed by atoms with van der Waals surface area (Å²) in [6.45, 7) is 34.3. The van der Waals surface area contributed by atoms with Crippen molar-refractivity contribution in [3.05, 3.63) is 191 Å². The van der Waals surface area contributed by atoms with E-state index in [-0.39, 0.29) is 4.66 Å². The van der Waals surface area contributed by atoms with E-state index >= 15 is 0 Å². The molecular weight excluding hydrogens is 841 g/mol. The van der Waals surface area contributed by atoms with Gasteiger partial charge in [-0.2, -0.15) is 0 Å². The van der Waals surface area contributed by atoms with E-state index in [1.807, 2.05) is 0 Å². The molecule has 0 atom stereocenters. The van der Waals surface area contributed by atoms with E-state index in [1.165, 1.54) is 100 Å². The number of hydrogen-bond acceptors (Lipinski definition) is 2. The molecule has 0 aliphatic heterocycles. The van der Waals surface area contributed by atoms with Crippen molar-refractivity contribution in [2.24, 2.45) is 0 Å². The van der Waals surface area contributed by atoms with E-state index in [2.05, 4.69) is 262 Å². The zero-order valence-corrected chi connectivity index (χ0v) is 44.7. The number of hydrogen-bond donors (Lipinski definition) is 0. The van der Waals surface area contributed by atoms with Gasteiger partial charge in [-0.3, -0.25) is 0 Å². The van der Waals surface area contributed by atoms with Crippen LogP contribution in [0, 0.1) is 0 Å². The van der Waals surface area contributed by atoms with Gasteiger partial charge in [0.2, 0.25) is 0 Å². The summed E-state index contributed by atoms with van der Waals surface area (Å²) in [7, 11) is -4.35. The minimum absolute atomic E-state index is 0.147. The highest BCUT2D eigenvalue weighted by atomic mass is 28.4. The Balaban J connectivity index is 1.41. The highest BCUT2D eigenvalue weighted by Crippen LogP contribution is 2.63. The molecular formula is C63H72N2Si2. The third-order valence-corrected chi connectivity index (χ3v) is 25.2. The molecule has 0 saturated heterocycles. The maximum atomic E-state index is 2.68. The first-order valence-corrected chi connectivity index (χ1v) is 32.0. The minimum atomic E-state index is -2.18. The van der Waals surface area contributed by atoms with Gasteiger partial charge >= 0.3 is 0 Å². The minimum Gasteiger partial charge on any atom is -0.310 e. The molecule has 0 spiro atoms. The second kappa shape index (κ2) is 17.4. The van der Waals surface area contributed by atoms with Crippen LogP contribution in [-0.4, -0.2) is 16.1 Å². The summed E-state index contributed by atoms with van der Waals surface area (Å²) in [5, 5.41) is 5.22. The highest BCUT2D eigenvalue weighted by molar-refractivity contribution is 7.00. The lowest BCUT2D eigenvalue weighted by Crippen LogP contribution is -2.63. The lowest BCUT2D eigenvalue weighted by atomic mass is 9.91. The molecule has 0 aromatic heterocycles. The van der Waals surface area contributed by atoms with Crippen molar-refractivity contribution in [3.8, 4) is 11.1 Å². The predicted molar refractivity (Wildman–Crippen MR) is 300 cm³/mol. The molecule has 0 fully saturated rings. The fourth-order valence-electron chi connectivity index (χ4n) is 12.0. The van der Waals surface area contributed by atoms with Crippen LogP contribution in [0.25, 0.3) is 32.7 Å². The van der Waals surface area contributed by atoms with Crippen LogP contribution < -0.4 is 9.80 Å². The average Bonchev–Trinajstić information content (AvgIpc) is 3.62. The van der Waals surface area contributed by atoms with Crippen LogP contribution >= 0.6 is 0 Å². The van der Waals surface area contributed by atoms with Gasteiger partial charge in [0, 0.05) is 38.2 Å². The molecule has 0 saturated carbocycles. The molecule has 0 radical (unpaired) electrons. The summed E-state index contributed by atoms with van der Waals surface area (Å²) in [4.78, 5) is 5.12. The topological polar surface area (TPSA) is 6.48 Å². The Kier molecular flexibility index (Phi) is 12.1. The largest absolute Gasteiger partial charge is 0.310 e. The first-order chi connectivity index (χ1) is 31.8. The van der Waals surface area contributed by atoms with Gasteiger partial charge in [0.1, 0.15) is 0 Å². The number of benzene rings is 8. The molecule has 0 unspecified atom stereocenters. The summed E-state index contributed by atoms with van der Waals surface area (Å²) in [5.41, 5.74) is 18.6. The van der Waals surface area contributed by atoms with Crippen molar-refractivity contribution >= 4 is 71.8 Å². The van der Waals surface area contributed by atoms with Gasteiger partial charge < -0.3 is 9.80 Å². The van der Waals surface area contributed by atoms with Crippen molar-refractivity contribution in [1.29, 1.82) is 0 Å². The van der Waals surface area contributed by atoms with Crippen molar-refractivity contribution in [2.45, 2.75) is 123 Å². The fraction of sp³-hybridized carbons (Fsp3) is 0.302. The summed E-state index contributed by atoms with van der Waals surface area (Å²) in [5.74, 6) is 1.82. The summed E-state index contributed by atoms with van der Waals surface area (Å²) >= 11 is 0. The van der Waals surface area contributed by atoms with Crippen LogP contribution in [0.15, 0.2) is 158 Å². The molecule has 9 rings (SSSR count). The Morgan fingerprint density at radius 1 is 0.328 bits per heavy atom. The van der Waals surface area contributed by atoms with Crippen LogP contribution in [0.1, 0.15) is 112 Å².